The van der Waals surface area contributed by atoms with Crippen LogP contribution >= 0.6 is 0 Å². The van der Waals surface area contributed by atoms with Crippen LogP contribution in [0.15, 0.2) is 24.3 Å². The highest BCUT2D eigenvalue weighted by atomic mass is 16.5. The van der Waals surface area contributed by atoms with E-state index in [-0.39, 0.29) is 12.1 Å². The van der Waals surface area contributed by atoms with Crippen molar-refractivity contribution in [3.05, 3.63) is 35.4 Å². The molecule has 0 spiro atoms. The van der Waals surface area contributed by atoms with E-state index in [2.05, 4.69) is 43.5 Å². The first-order valence-electron chi connectivity index (χ1n) is 5.89. The van der Waals surface area contributed by atoms with E-state index >= 15 is 0 Å². The number of hydrogen-bond acceptors (Lipinski definition) is 3. The van der Waals surface area contributed by atoms with Gasteiger partial charge in [-0.2, -0.15) is 0 Å². The number of nitrogens with two attached hydrogens (primary N) is 1. The van der Waals surface area contributed by atoms with Crippen molar-refractivity contribution in [3.8, 4) is 0 Å². The van der Waals surface area contributed by atoms with Crippen LogP contribution in [0.3, 0.4) is 0 Å². The molecule has 1 aromatic carbocycles. The number of ether oxygens (including phenoxy) is 1. The van der Waals surface area contributed by atoms with Crippen LogP contribution in [0.4, 0.5) is 0 Å². The van der Waals surface area contributed by atoms with E-state index in [9.17, 15) is 0 Å². The molecule has 3 nitrogen and oxygen atoms in total. The second kappa shape index (κ2) is 4.95. The van der Waals surface area contributed by atoms with Gasteiger partial charge in [-0.1, -0.05) is 38.1 Å². The van der Waals surface area contributed by atoms with Gasteiger partial charge >= 0.3 is 0 Å². The van der Waals surface area contributed by atoms with Gasteiger partial charge in [0.05, 0.1) is 18.8 Å². The van der Waals surface area contributed by atoms with Crippen LogP contribution in [0.5, 0.6) is 0 Å². The van der Waals surface area contributed by atoms with Gasteiger partial charge in [-0.3, -0.25) is 11.3 Å². The average Bonchev–Trinajstić information content (AvgIpc) is 2.30. The number of rotatable bonds is 3. The molecule has 0 aromatic heterocycles. The van der Waals surface area contributed by atoms with Gasteiger partial charge in [0.25, 0.3) is 0 Å². The van der Waals surface area contributed by atoms with Crippen LogP contribution < -0.4 is 11.3 Å². The zero-order chi connectivity index (χ0) is 11.5. The Hall–Kier alpha value is -0.900. The van der Waals surface area contributed by atoms with Crippen LogP contribution in [0.2, 0.25) is 0 Å². The van der Waals surface area contributed by atoms with Gasteiger partial charge in [-0.25, -0.2) is 0 Å². The summed E-state index contributed by atoms with van der Waals surface area (Å²) < 4.78 is 5.88. The predicted molar refractivity (Wildman–Crippen MR) is 64.8 cm³/mol. The van der Waals surface area contributed by atoms with E-state index in [1.54, 1.807) is 0 Å². The van der Waals surface area contributed by atoms with Crippen molar-refractivity contribution in [1.82, 2.24) is 5.43 Å². The second-order valence-electron chi connectivity index (χ2n) is 4.68. The van der Waals surface area contributed by atoms with Crippen molar-refractivity contribution in [2.45, 2.75) is 32.4 Å². The third kappa shape index (κ3) is 2.12. The average molecular weight is 220 g/mol. The smallest absolute Gasteiger partial charge is 0.0996 e. The van der Waals surface area contributed by atoms with Gasteiger partial charge in [-0.05, 0) is 23.5 Å². The van der Waals surface area contributed by atoms with Crippen molar-refractivity contribution >= 4 is 0 Å². The molecule has 0 aliphatic carbocycles. The molecule has 0 saturated heterocycles. The van der Waals surface area contributed by atoms with Crippen molar-refractivity contribution in [1.29, 1.82) is 0 Å². The van der Waals surface area contributed by atoms with Crippen LogP contribution in [0.25, 0.3) is 0 Å². The minimum atomic E-state index is 0.0787. The van der Waals surface area contributed by atoms with Gasteiger partial charge in [-0.15, -0.1) is 0 Å². The zero-order valence-electron chi connectivity index (χ0n) is 9.94. The Kier molecular flexibility index (Phi) is 3.59. The Bertz CT molecular complexity index is 352. The van der Waals surface area contributed by atoms with Crippen LogP contribution in [0.1, 0.15) is 31.1 Å². The molecule has 2 unspecified atom stereocenters. The lowest BCUT2D eigenvalue weighted by Crippen LogP contribution is -2.45. The Morgan fingerprint density at radius 3 is 2.81 bits per heavy atom. The second-order valence-corrected chi connectivity index (χ2v) is 4.68. The van der Waals surface area contributed by atoms with Crippen LogP contribution in [-0.2, 0) is 11.2 Å². The molecule has 88 valence electrons. The summed E-state index contributed by atoms with van der Waals surface area (Å²) in [5.41, 5.74) is 5.56. The third-order valence-corrected chi connectivity index (χ3v) is 3.27. The first kappa shape index (κ1) is 11.6. The number of benzene rings is 1. The van der Waals surface area contributed by atoms with Crippen molar-refractivity contribution in [2.24, 2.45) is 11.8 Å². The van der Waals surface area contributed by atoms with Crippen molar-refractivity contribution in [3.63, 3.8) is 0 Å². The number of hydrogen-bond donors (Lipinski definition) is 2. The maximum Gasteiger partial charge on any atom is 0.0996 e. The van der Waals surface area contributed by atoms with Crippen LogP contribution in [-0.4, -0.2) is 12.6 Å². The summed E-state index contributed by atoms with van der Waals surface area (Å²) in [6.45, 7) is 5.10. The Balaban J connectivity index is 2.30. The molecule has 0 amide bonds. The van der Waals surface area contributed by atoms with Gasteiger partial charge < -0.3 is 4.74 Å². The Morgan fingerprint density at radius 2 is 2.12 bits per heavy atom. The minimum absolute atomic E-state index is 0.0787. The van der Waals surface area contributed by atoms with E-state index in [1.807, 2.05) is 0 Å². The van der Waals surface area contributed by atoms with Crippen molar-refractivity contribution in [2.75, 3.05) is 6.61 Å². The Morgan fingerprint density at radius 1 is 1.38 bits per heavy atom. The fraction of sp³-hybridized carbons (Fsp3) is 0.538. The highest BCUT2D eigenvalue weighted by Crippen LogP contribution is 2.31. The zero-order valence-corrected chi connectivity index (χ0v) is 9.94. The van der Waals surface area contributed by atoms with E-state index in [0.29, 0.717) is 5.92 Å². The molecule has 16 heavy (non-hydrogen) atoms. The molecule has 0 fully saturated rings. The summed E-state index contributed by atoms with van der Waals surface area (Å²) in [7, 11) is 0. The minimum Gasteiger partial charge on any atom is -0.371 e. The first-order chi connectivity index (χ1) is 7.74. The maximum atomic E-state index is 5.88. The highest BCUT2D eigenvalue weighted by Gasteiger charge is 2.29. The van der Waals surface area contributed by atoms with E-state index < -0.39 is 0 Å². The largest absolute Gasteiger partial charge is 0.371 e. The number of nitrogens with one attached hydrogen (secondary N) is 1. The lowest BCUT2D eigenvalue weighted by Gasteiger charge is -2.34. The quantitative estimate of drug-likeness (QED) is 0.603. The third-order valence-electron chi connectivity index (χ3n) is 3.27. The molecule has 0 bridgehead atoms. The molecule has 0 radical (unpaired) electrons. The normalized spacial score (nSPS) is 21.9. The molecule has 3 N–H and O–H groups in total. The predicted octanol–water partition coefficient (Wildman–Crippen LogP) is 1.79. The lowest BCUT2D eigenvalue weighted by molar-refractivity contribution is 0.00373. The fourth-order valence-corrected chi connectivity index (χ4v) is 2.35. The maximum absolute atomic E-state index is 5.88. The summed E-state index contributed by atoms with van der Waals surface area (Å²) in [5.74, 6) is 6.08. The molecule has 0 saturated carbocycles. The van der Waals surface area contributed by atoms with Crippen molar-refractivity contribution < 1.29 is 4.74 Å². The van der Waals surface area contributed by atoms with Gasteiger partial charge in [0, 0.05) is 0 Å². The SMILES string of the molecule is CC(C)C(NN)C1OCCc2ccccc21. The summed E-state index contributed by atoms with van der Waals surface area (Å²) >= 11 is 0. The van der Waals surface area contributed by atoms with Gasteiger partial charge in [0.1, 0.15) is 0 Å². The molecule has 3 heteroatoms. The molecule has 1 aliphatic rings. The first-order valence-corrected chi connectivity index (χ1v) is 5.89. The van der Waals surface area contributed by atoms with Gasteiger partial charge in [0.15, 0.2) is 0 Å². The summed E-state index contributed by atoms with van der Waals surface area (Å²) in [6.07, 6.45) is 1.08. The lowest BCUT2D eigenvalue weighted by atomic mass is 9.88. The molecular weight excluding hydrogens is 200 g/mol. The molecule has 1 heterocycles. The summed E-state index contributed by atoms with van der Waals surface area (Å²) in [5, 5.41) is 0. The number of fused-ring (bicyclic) bond motifs is 1. The van der Waals surface area contributed by atoms with E-state index in [0.717, 1.165) is 13.0 Å². The van der Waals surface area contributed by atoms with E-state index in [4.69, 9.17) is 10.6 Å². The standard InChI is InChI=1S/C13H20N2O/c1-9(2)12(15-14)13-11-6-4-3-5-10(11)7-8-16-13/h3-6,9,12-13,15H,7-8,14H2,1-2H3. The van der Waals surface area contributed by atoms with Gasteiger partial charge in [0.2, 0.25) is 0 Å². The fourth-order valence-electron chi connectivity index (χ4n) is 2.35. The summed E-state index contributed by atoms with van der Waals surface area (Å²) in [4.78, 5) is 0. The molecule has 1 aliphatic heterocycles. The number of hydrazine groups is 1. The van der Waals surface area contributed by atoms with E-state index in [1.165, 1.54) is 11.1 Å². The Labute approximate surface area is 97.0 Å². The molecular formula is C13H20N2O. The summed E-state index contributed by atoms with van der Waals surface area (Å²) in [6, 6.07) is 8.64. The monoisotopic (exact) mass is 220 g/mol. The molecule has 2 atom stereocenters. The molecule has 2 rings (SSSR count). The molecule has 1 aromatic rings. The topological polar surface area (TPSA) is 47.3 Å². The van der Waals surface area contributed by atoms with Crippen LogP contribution in [0, 0.1) is 5.92 Å². The highest BCUT2D eigenvalue weighted by molar-refractivity contribution is 5.32.